The third kappa shape index (κ3) is 4.87. The van der Waals surface area contributed by atoms with Crippen LogP contribution in [-0.4, -0.2) is 54.6 Å². The van der Waals surface area contributed by atoms with Crippen molar-refractivity contribution < 1.29 is 25.6 Å². The predicted molar refractivity (Wildman–Crippen MR) is 79.2 cm³/mol. The number of hydrogen-bond acceptors (Lipinski definition) is 4. The molecule has 7 nitrogen and oxygen atoms in total. The molecule has 0 radical (unpaired) electrons. The van der Waals surface area contributed by atoms with Crippen molar-refractivity contribution in [3.05, 3.63) is 29.8 Å². The summed E-state index contributed by atoms with van der Waals surface area (Å²) < 4.78 is 76.6. The number of nitrogens with zero attached hydrogens (tertiary/aromatic N) is 2. The van der Waals surface area contributed by atoms with Gasteiger partial charge in [-0.3, -0.25) is 4.31 Å². The van der Waals surface area contributed by atoms with Gasteiger partial charge in [-0.15, -0.1) is 0 Å². The molecule has 0 aliphatic heterocycles. The van der Waals surface area contributed by atoms with E-state index in [-0.39, 0.29) is 18.8 Å². The maximum Gasteiger partial charge on any atom is 0.278 e. The van der Waals surface area contributed by atoms with E-state index in [9.17, 15) is 25.6 Å². The maximum absolute atomic E-state index is 13.2. The van der Waals surface area contributed by atoms with E-state index in [0.29, 0.717) is 0 Å². The predicted octanol–water partition coefficient (Wildman–Crippen LogP) is 0.127. The minimum Gasteiger partial charge on any atom is -0.269 e. The Morgan fingerprint density at radius 1 is 1.09 bits per heavy atom. The van der Waals surface area contributed by atoms with Gasteiger partial charge in [0.25, 0.3) is 10.2 Å². The van der Waals surface area contributed by atoms with E-state index in [1.807, 2.05) is 0 Å². The van der Waals surface area contributed by atoms with Crippen LogP contribution in [0.2, 0.25) is 0 Å². The van der Waals surface area contributed by atoms with E-state index < -0.39 is 31.9 Å². The van der Waals surface area contributed by atoms with Gasteiger partial charge in [0.15, 0.2) is 11.6 Å². The zero-order chi connectivity index (χ0) is 17.1. The average molecular weight is 357 g/mol. The second-order valence-electron chi connectivity index (χ2n) is 4.62. The molecular weight excluding hydrogens is 340 g/mol. The summed E-state index contributed by atoms with van der Waals surface area (Å²) in [5.74, 6) is -2.30. The zero-order valence-electron chi connectivity index (χ0n) is 12.2. The Labute approximate surface area is 128 Å². The van der Waals surface area contributed by atoms with Gasteiger partial charge >= 0.3 is 0 Å². The molecule has 1 aromatic carbocycles. The second-order valence-corrected chi connectivity index (χ2v) is 8.49. The summed E-state index contributed by atoms with van der Waals surface area (Å²) in [6.45, 7) is -0.496. The summed E-state index contributed by atoms with van der Waals surface area (Å²) in [7, 11) is -4.88. The minimum absolute atomic E-state index is 0.0922. The Balaban J connectivity index is 2.95. The number of nitrogens with one attached hydrogen (secondary N) is 1. The number of halogens is 2. The third-order valence-electron chi connectivity index (χ3n) is 2.67. The smallest absolute Gasteiger partial charge is 0.269 e. The van der Waals surface area contributed by atoms with E-state index in [1.165, 1.54) is 14.1 Å². The lowest BCUT2D eigenvalue weighted by Crippen LogP contribution is -2.42. The van der Waals surface area contributed by atoms with Crippen LogP contribution < -0.4 is 9.03 Å². The van der Waals surface area contributed by atoms with Crippen LogP contribution in [0.25, 0.3) is 0 Å². The van der Waals surface area contributed by atoms with E-state index in [2.05, 4.69) is 4.72 Å². The Morgan fingerprint density at radius 2 is 1.68 bits per heavy atom. The first kappa shape index (κ1) is 18.7. The monoisotopic (exact) mass is 357 g/mol. The highest BCUT2D eigenvalue weighted by Crippen LogP contribution is 2.20. The first-order valence-electron chi connectivity index (χ1n) is 6.05. The van der Waals surface area contributed by atoms with Crippen LogP contribution in [0.4, 0.5) is 14.5 Å². The molecule has 0 atom stereocenters. The summed E-state index contributed by atoms with van der Waals surface area (Å²) >= 11 is 0. The number of hydrogen-bond donors (Lipinski definition) is 1. The maximum atomic E-state index is 13.2. The fourth-order valence-electron chi connectivity index (χ4n) is 1.53. The number of anilines is 1. The highest BCUT2D eigenvalue weighted by atomic mass is 32.2. The summed E-state index contributed by atoms with van der Waals surface area (Å²) in [5, 5.41) is 0. The molecular formula is C11H17F2N3O4S2. The van der Waals surface area contributed by atoms with E-state index >= 15 is 0 Å². The Kier molecular flexibility index (Phi) is 5.84. The first-order valence-corrected chi connectivity index (χ1v) is 9.34. The molecule has 0 saturated carbocycles. The molecule has 1 aromatic rings. The lowest BCUT2D eigenvalue weighted by molar-refractivity contribution is 0.505. The van der Waals surface area contributed by atoms with Gasteiger partial charge in [-0.05, 0) is 12.1 Å². The summed E-state index contributed by atoms with van der Waals surface area (Å²) in [4.78, 5) is 0. The number of rotatable bonds is 7. The van der Waals surface area contributed by atoms with Crippen molar-refractivity contribution in [2.45, 2.75) is 0 Å². The molecule has 0 aromatic heterocycles. The van der Waals surface area contributed by atoms with E-state index in [0.717, 1.165) is 33.1 Å². The van der Waals surface area contributed by atoms with Crippen LogP contribution in [-0.2, 0) is 20.2 Å². The summed E-state index contributed by atoms with van der Waals surface area (Å²) in [5.41, 5.74) is -0.0922. The highest BCUT2D eigenvalue weighted by Gasteiger charge is 2.20. The molecule has 0 aliphatic carbocycles. The van der Waals surface area contributed by atoms with Gasteiger partial charge in [-0.2, -0.15) is 12.7 Å². The lowest BCUT2D eigenvalue weighted by atomic mass is 10.3. The molecule has 22 heavy (non-hydrogen) atoms. The van der Waals surface area contributed by atoms with Crippen molar-refractivity contribution in [3.63, 3.8) is 0 Å². The van der Waals surface area contributed by atoms with Crippen LogP contribution >= 0.6 is 0 Å². The van der Waals surface area contributed by atoms with Gasteiger partial charge in [-0.25, -0.2) is 21.9 Å². The quantitative estimate of drug-likeness (QED) is 0.751. The van der Waals surface area contributed by atoms with E-state index in [1.54, 1.807) is 0 Å². The van der Waals surface area contributed by atoms with Crippen LogP contribution in [0.3, 0.4) is 0 Å². The molecule has 0 aliphatic rings. The molecule has 0 unspecified atom stereocenters. The van der Waals surface area contributed by atoms with Gasteiger partial charge in [0, 0.05) is 33.3 Å². The molecule has 0 bridgehead atoms. The summed E-state index contributed by atoms with van der Waals surface area (Å²) in [6, 6.07) is 2.63. The van der Waals surface area contributed by atoms with Crippen molar-refractivity contribution in [2.75, 3.05) is 37.7 Å². The van der Waals surface area contributed by atoms with Crippen LogP contribution in [0.5, 0.6) is 0 Å². The van der Waals surface area contributed by atoms with Crippen molar-refractivity contribution in [3.8, 4) is 0 Å². The highest BCUT2D eigenvalue weighted by molar-refractivity contribution is 7.92. The standard InChI is InChI=1S/C11H17F2N3O4S2/c1-15(2)22(19,20)14-6-7-16(21(3,17)18)9-4-5-10(12)11(13)8-9/h4-5,8,14H,6-7H2,1-3H3. The van der Waals surface area contributed by atoms with Crippen LogP contribution in [0.15, 0.2) is 18.2 Å². The zero-order valence-corrected chi connectivity index (χ0v) is 13.9. The fraction of sp³-hybridized carbons (Fsp3) is 0.455. The fourth-order valence-corrected chi connectivity index (χ4v) is 3.06. The molecule has 1 rings (SSSR count). The second kappa shape index (κ2) is 6.86. The van der Waals surface area contributed by atoms with Gasteiger partial charge in [0.2, 0.25) is 10.0 Å². The average Bonchev–Trinajstić information content (AvgIpc) is 2.36. The topological polar surface area (TPSA) is 86.8 Å². The van der Waals surface area contributed by atoms with Gasteiger partial charge in [-0.1, -0.05) is 0 Å². The normalized spacial score (nSPS) is 12.6. The third-order valence-corrected chi connectivity index (χ3v) is 5.40. The van der Waals surface area contributed by atoms with Crippen molar-refractivity contribution in [1.29, 1.82) is 0 Å². The Hall–Kier alpha value is -1.30. The molecule has 0 amide bonds. The molecule has 0 spiro atoms. The van der Waals surface area contributed by atoms with Crippen molar-refractivity contribution in [1.82, 2.24) is 9.03 Å². The number of benzene rings is 1. The van der Waals surface area contributed by atoms with Gasteiger partial charge in [0.1, 0.15) is 0 Å². The molecule has 0 heterocycles. The molecule has 0 saturated heterocycles. The largest absolute Gasteiger partial charge is 0.278 e. The Morgan fingerprint density at radius 3 is 2.14 bits per heavy atom. The van der Waals surface area contributed by atoms with Crippen LogP contribution in [0, 0.1) is 11.6 Å². The molecule has 11 heteroatoms. The number of sulfonamides is 1. The molecule has 126 valence electrons. The summed E-state index contributed by atoms with van der Waals surface area (Å²) in [6.07, 6.45) is 0.884. The SMILES string of the molecule is CN(C)S(=O)(=O)NCCN(c1ccc(F)c(F)c1)S(C)(=O)=O. The van der Waals surface area contributed by atoms with Crippen molar-refractivity contribution >= 4 is 25.9 Å². The molecule has 1 N–H and O–H groups in total. The van der Waals surface area contributed by atoms with Gasteiger partial charge in [0.05, 0.1) is 11.9 Å². The molecule has 0 fully saturated rings. The van der Waals surface area contributed by atoms with Gasteiger partial charge < -0.3 is 0 Å². The lowest BCUT2D eigenvalue weighted by Gasteiger charge is -2.23. The minimum atomic E-state index is -3.79. The Bertz CT molecular complexity index is 736. The van der Waals surface area contributed by atoms with E-state index in [4.69, 9.17) is 0 Å². The van der Waals surface area contributed by atoms with Crippen LogP contribution in [0.1, 0.15) is 0 Å². The van der Waals surface area contributed by atoms with Crippen molar-refractivity contribution in [2.24, 2.45) is 0 Å². The first-order chi connectivity index (χ1) is 9.95.